The highest BCUT2D eigenvalue weighted by Gasteiger charge is 2.08. The summed E-state index contributed by atoms with van der Waals surface area (Å²) in [4.78, 5) is 8.91. The molecular formula is C24H26N2O. The van der Waals surface area contributed by atoms with Crippen molar-refractivity contribution in [1.82, 2.24) is 9.97 Å². The SMILES string of the molecule is CCCc1ccc(/C(C)=C/c2nccc(-c3ccc(OC)nc3)c2C)cc1. The second-order valence-electron chi connectivity index (χ2n) is 6.73. The molecule has 3 nitrogen and oxygen atoms in total. The summed E-state index contributed by atoms with van der Waals surface area (Å²) in [6.45, 7) is 6.45. The van der Waals surface area contributed by atoms with Crippen molar-refractivity contribution in [2.75, 3.05) is 7.11 Å². The smallest absolute Gasteiger partial charge is 0.212 e. The van der Waals surface area contributed by atoms with E-state index in [0.717, 1.165) is 28.8 Å². The van der Waals surface area contributed by atoms with Crippen molar-refractivity contribution in [3.8, 4) is 17.0 Å². The summed E-state index contributed by atoms with van der Waals surface area (Å²) in [5.74, 6) is 0.618. The van der Waals surface area contributed by atoms with Gasteiger partial charge in [-0.3, -0.25) is 4.98 Å². The maximum atomic E-state index is 5.15. The largest absolute Gasteiger partial charge is 0.481 e. The second kappa shape index (κ2) is 8.63. The van der Waals surface area contributed by atoms with Crippen LogP contribution in [0.1, 0.15) is 42.7 Å². The first-order valence-electron chi connectivity index (χ1n) is 9.36. The normalized spacial score (nSPS) is 11.5. The predicted octanol–water partition coefficient (Wildman–Crippen LogP) is 5.97. The lowest BCUT2D eigenvalue weighted by molar-refractivity contribution is 0.398. The maximum absolute atomic E-state index is 5.15. The fourth-order valence-corrected chi connectivity index (χ4v) is 3.18. The average molecular weight is 358 g/mol. The molecule has 0 aliphatic carbocycles. The van der Waals surface area contributed by atoms with Gasteiger partial charge in [-0.2, -0.15) is 0 Å². The van der Waals surface area contributed by atoms with Gasteiger partial charge in [-0.1, -0.05) is 37.6 Å². The number of ether oxygens (including phenoxy) is 1. The number of hydrogen-bond acceptors (Lipinski definition) is 3. The van der Waals surface area contributed by atoms with Gasteiger partial charge in [-0.05, 0) is 66.3 Å². The van der Waals surface area contributed by atoms with Crippen molar-refractivity contribution in [3.05, 3.63) is 77.2 Å². The van der Waals surface area contributed by atoms with Crippen molar-refractivity contribution in [2.45, 2.75) is 33.6 Å². The maximum Gasteiger partial charge on any atom is 0.212 e. The van der Waals surface area contributed by atoms with Crippen LogP contribution >= 0.6 is 0 Å². The number of methoxy groups -OCH3 is 1. The number of benzene rings is 1. The highest BCUT2D eigenvalue weighted by atomic mass is 16.5. The topological polar surface area (TPSA) is 35.0 Å². The lowest BCUT2D eigenvalue weighted by atomic mass is 9.98. The zero-order valence-corrected chi connectivity index (χ0v) is 16.5. The van der Waals surface area contributed by atoms with E-state index < -0.39 is 0 Å². The Labute approximate surface area is 161 Å². The summed E-state index contributed by atoms with van der Waals surface area (Å²) < 4.78 is 5.15. The van der Waals surface area contributed by atoms with Crippen LogP contribution < -0.4 is 4.74 Å². The zero-order valence-electron chi connectivity index (χ0n) is 16.5. The van der Waals surface area contributed by atoms with E-state index in [1.165, 1.54) is 23.1 Å². The quantitative estimate of drug-likeness (QED) is 0.544. The first-order chi connectivity index (χ1) is 13.1. The van der Waals surface area contributed by atoms with Gasteiger partial charge in [0.25, 0.3) is 0 Å². The molecule has 3 rings (SSSR count). The van der Waals surface area contributed by atoms with Crippen LogP contribution in [0.5, 0.6) is 5.88 Å². The average Bonchev–Trinajstić information content (AvgIpc) is 2.70. The van der Waals surface area contributed by atoms with Gasteiger partial charge in [-0.25, -0.2) is 4.98 Å². The molecule has 3 heteroatoms. The van der Waals surface area contributed by atoms with E-state index in [4.69, 9.17) is 4.74 Å². The van der Waals surface area contributed by atoms with Crippen molar-refractivity contribution >= 4 is 11.6 Å². The van der Waals surface area contributed by atoms with Crippen molar-refractivity contribution in [2.24, 2.45) is 0 Å². The Morgan fingerprint density at radius 3 is 2.44 bits per heavy atom. The van der Waals surface area contributed by atoms with Crippen LogP contribution in [0, 0.1) is 6.92 Å². The molecule has 2 aromatic heterocycles. The molecule has 0 atom stereocenters. The molecule has 0 saturated heterocycles. The molecule has 3 aromatic rings. The summed E-state index contributed by atoms with van der Waals surface area (Å²) in [7, 11) is 1.63. The van der Waals surface area contributed by atoms with Gasteiger partial charge in [0.15, 0.2) is 0 Å². The molecule has 0 fully saturated rings. The van der Waals surface area contributed by atoms with E-state index in [-0.39, 0.29) is 0 Å². The molecule has 2 heterocycles. The summed E-state index contributed by atoms with van der Waals surface area (Å²) in [5.41, 5.74) is 8.15. The first-order valence-corrected chi connectivity index (χ1v) is 9.36. The molecule has 138 valence electrons. The Morgan fingerprint density at radius 2 is 1.81 bits per heavy atom. The molecule has 1 aromatic carbocycles. The van der Waals surface area contributed by atoms with E-state index in [0.29, 0.717) is 5.88 Å². The summed E-state index contributed by atoms with van der Waals surface area (Å²) in [6.07, 6.45) is 8.15. The van der Waals surface area contributed by atoms with Crippen LogP contribution in [-0.4, -0.2) is 17.1 Å². The Bertz CT molecular complexity index is 926. The zero-order chi connectivity index (χ0) is 19.2. The van der Waals surface area contributed by atoms with Gasteiger partial charge < -0.3 is 4.74 Å². The van der Waals surface area contributed by atoms with Crippen molar-refractivity contribution in [1.29, 1.82) is 0 Å². The van der Waals surface area contributed by atoms with Gasteiger partial charge in [0, 0.05) is 24.0 Å². The molecular weight excluding hydrogens is 332 g/mol. The molecule has 0 bridgehead atoms. The third-order valence-corrected chi connectivity index (χ3v) is 4.80. The minimum Gasteiger partial charge on any atom is -0.481 e. The molecule has 0 aliphatic heterocycles. The minimum atomic E-state index is 0.618. The Morgan fingerprint density at radius 1 is 1.04 bits per heavy atom. The van der Waals surface area contributed by atoms with Gasteiger partial charge >= 0.3 is 0 Å². The lowest BCUT2D eigenvalue weighted by Gasteiger charge is -2.10. The van der Waals surface area contributed by atoms with Crippen LogP contribution in [0.2, 0.25) is 0 Å². The highest BCUT2D eigenvalue weighted by Crippen LogP contribution is 2.27. The van der Waals surface area contributed by atoms with Gasteiger partial charge in [0.1, 0.15) is 0 Å². The van der Waals surface area contributed by atoms with Crippen LogP contribution in [-0.2, 0) is 6.42 Å². The van der Waals surface area contributed by atoms with E-state index in [9.17, 15) is 0 Å². The fraction of sp³-hybridized carbons (Fsp3) is 0.250. The summed E-state index contributed by atoms with van der Waals surface area (Å²) in [5, 5.41) is 0. The number of rotatable bonds is 6. The first kappa shape index (κ1) is 18.8. The third kappa shape index (κ3) is 4.43. The van der Waals surface area contributed by atoms with Gasteiger partial charge in [-0.15, -0.1) is 0 Å². The Kier molecular flexibility index (Phi) is 6.02. The van der Waals surface area contributed by atoms with Crippen molar-refractivity contribution in [3.63, 3.8) is 0 Å². The van der Waals surface area contributed by atoms with E-state index in [2.05, 4.69) is 61.1 Å². The number of hydrogen-bond donors (Lipinski definition) is 0. The molecule has 0 unspecified atom stereocenters. The lowest BCUT2D eigenvalue weighted by Crippen LogP contribution is -1.93. The van der Waals surface area contributed by atoms with Crippen LogP contribution in [0.25, 0.3) is 22.8 Å². The standard InChI is InChI=1S/C24H26N2O/c1-5-6-19-7-9-20(10-8-19)17(2)15-23-18(3)22(13-14-25-23)21-11-12-24(27-4)26-16-21/h7-16H,5-6H2,1-4H3/b17-15+. The Hall–Kier alpha value is -2.94. The molecule has 0 amide bonds. The number of nitrogens with zero attached hydrogens (tertiary/aromatic N) is 2. The molecule has 0 aliphatic rings. The van der Waals surface area contributed by atoms with Crippen LogP contribution in [0.4, 0.5) is 0 Å². The Balaban J connectivity index is 1.91. The molecule has 0 radical (unpaired) electrons. The van der Waals surface area contributed by atoms with E-state index >= 15 is 0 Å². The predicted molar refractivity (Wildman–Crippen MR) is 113 cm³/mol. The van der Waals surface area contributed by atoms with E-state index in [1.54, 1.807) is 7.11 Å². The molecule has 0 spiro atoms. The van der Waals surface area contributed by atoms with Gasteiger partial charge in [0.05, 0.1) is 12.8 Å². The van der Waals surface area contributed by atoms with Crippen LogP contribution in [0.15, 0.2) is 54.9 Å². The van der Waals surface area contributed by atoms with Crippen LogP contribution in [0.3, 0.4) is 0 Å². The number of aromatic nitrogens is 2. The number of aryl methyl sites for hydroxylation is 1. The van der Waals surface area contributed by atoms with E-state index in [1.807, 2.05) is 30.6 Å². The monoisotopic (exact) mass is 358 g/mol. The number of pyridine rings is 2. The van der Waals surface area contributed by atoms with Crippen molar-refractivity contribution < 1.29 is 4.74 Å². The van der Waals surface area contributed by atoms with Gasteiger partial charge in [0.2, 0.25) is 5.88 Å². The minimum absolute atomic E-state index is 0.618. The number of allylic oxidation sites excluding steroid dienone is 1. The molecule has 0 saturated carbocycles. The molecule has 27 heavy (non-hydrogen) atoms. The summed E-state index contributed by atoms with van der Waals surface area (Å²) in [6, 6.07) is 14.8. The second-order valence-corrected chi connectivity index (χ2v) is 6.73. The molecule has 0 N–H and O–H groups in total. The fourth-order valence-electron chi connectivity index (χ4n) is 3.18. The highest BCUT2D eigenvalue weighted by molar-refractivity contribution is 5.82. The summed E-state index contributed by atoms with van der Waals surface area (Å²) >= 11 is 0. The third-order valence-electron chi connectivity index (χ3n) is 4.80.